The second-order valence-electron chi connectivity index (χ2n) is 27.8. The highest BCUT2D eigenvalue weighted by molar-refractivity contribution is 5.22. The molecule has 27 nitrogen and oxygen atoms in total. The molecule has 0 spiro atoms. The van der Waals surface area contributed by atoms with Crippen LogP contribution in [0.2, 0.25) is 0 Å². The van der Waals surface area contributed by atoms with Gasteiger partial charge in [0.2, 0.25) is 0 Å². The Morgan fingerprint density at radius 3 is 1.75 bits per heavy atom. The van der Waals surface area contributed by atoms with E-state index in [1.165, 1.54) is 0 Å². The summed E-state index contributed by atoms with van der Waals surface area (Å²) >= 11 is 0. The number of rotatable bonds is 17. The van der Waals surface area contributed by atoms with Gasteiger partial charge in [0.25, 0.3) is 0 Å². The molecule has 9 rings (SSSR count). The fourth-order valence-electron chi connectivity index (χ4n) is 17.4. The quantitative estimate of drug-likeness (QED) is 0.0486. The van der Waals surface area contributed by atoms with Crippen molar-refractivity contribution in [3.63, 3.8) is 0 Å². The van der Waals surface area contributed by atoms with Gasteiger partial charge in [-0.25, -0.2) is 0 Å². The smallest absolute Gasteiger partial charge is 0.187 e. The largest absolute Gasteiger partial charge is 0.394 e. The molecular weight excluding hydrogens is 1130 g/mol. The van der Waals surface area contributed by atoms with Gasteiger partial charge in [-0.2, -0.15) is 0 Å². The van der Waals surface area contributed by atoms with Crippen LogP contribution in [-0.2, 0) is 47.4 Å². The van der Waals surface area contributed by atoms with E-state index in [0.717, 1.165) is 5.57 Å². The molecule has 0 amide bonds. The minimum absolute atomic E-state index is 0.155. The molecule has 4 aliphatic carbocycles. The Labute approximate surface area is 494 Å². The average molecular weight is 1230 g/mol. The average Bonchev–Trinajstić information content (AvgIpc) is 1.67. The Balaban J connectivity index is 0.919. The van der Waals surface area contributed by atoms with E-state index in [-0.39, 0.29) is 11.8 Å². The molecule has 5 heterocycles. The number of hydrogen-bond acceptors (Lipinski definition) is 27. The van der Waals surface area contributed by atoms with E-state index in [4.69, 9.17) is 47.4 Å². The van der Waals surface area contributed by atoms with E-state index in [0.29, 0.717) is 51.4 Å². The normalized spacial score (nSPS) is 53.4. The van der Waals surface area contributed by atoms with Gasteiger partial charge < -0.3 is 134 Å². The summed E-state index contributed by atoms with van der Waals surface area (Å²) in [4.78, 5) is 0. The Hall–Kier alpha value is -1.34. The molecule has 27 heteroatoms. The van der Waals surface area contributed by atoms with Crippen LogP contribution in [0.15, 0.2) is 11.6 Å². The van der Waals surface area contributed by atoms with Crippen LogP contribution in [0.4, 0.5) is 0 Å². The zero-order valence-corrected chi connectivity index (χ0v) is 49.8. The van der Waals surface area contributed by atoms with Gasteiger partial charge in [0.05, 0.1) is 56.9 Å². The van der Waals surface area contributed by atoms with Gasteiger partial charge in [0, 0.05) is 0 Å². The van der Waals surface area contributed by atoms with E-state index in [9.17, 15) is 86.8 Å². The Bertz CT molecular complexity index is 2250. The molecule has 492 valence electrons. The van der Waals surface area contributed by atoms with Crippen molar-refractivity contribution in [1.29, 1.82) is 0 Å². The third kappa shape index (κ3) is 12.2. The zero-order chi connectivity index (χ0) is 62.4. The second-order valence-corrected chi connectivity index (χ2v) is 27.8. The Morgan fingerprint density at radius 1 is 0.541 bits per heavy atom. The molecule has 0 aromatic carbocycles. The van der Waals surface area contributed by atoms with Gasteiger partial charge in [-0.05, 0) is 117 Å². The maximum Gasteiger partial charge on any atom is 0.187 e. The van der Waals surface area contributed by atoms with Gasteiger partial charge in [-0.15, -0.1) is 0 Å². The predicted molar refractivity (Wildman–Crippen MR) is 288 cm³/mol. The molecule has 5 aliphatic heterocycles. The first-order valence-corrected chi connectivity index (χ1v) is 30.3. The van der Waals surface area contributed by atoms with Crippen molar-refractivity contribution < 1.29 is 134 Å². The van der Waals surface area contributed by atoms with E-state index in [1.54, 1.807) is 0 Å². The Morgan fingerprint density at radius 2 is 1.11 bits per heavy atom. The van der Waals surface area contributed by atoms with Gasteiger partial charge >= 0.3 is 0 Å². The van der Waals surface area contributed by atoms with E-state index in [1.807, 2.05) is 34.6 Å². The summed E-state index contributed by atoms with van der Waals surface area (Å²) in [5, 5.41) is 187. The minimum atomic E-state index is -1.86. The van der Waals surface area contributed by atoms with Crippen molar-refractivity contribution in [2.75, 3.05) is 33.0 Å². The van der Waals surface area contributed by atoms with Crippen LogP contribution in [0.25, 0.3) is 0 Å². The van der Waals surface area contributed by atoms with Crippen LogP contribution in [0.5, 0.6) is 0 Å². The molecule has 9 aliphatic rings. The lowest BCUT2D eigenvalue weighted by Crippen LogP contribution is -2.70. The maximum absolute atomic E-state index is 12.9. The molecule has 5 saturated heterocycles. The minimum Gasteiger partial charge on any atom is -0.394 e. The first-order chi connectivity index (χ1) is 39.8. The SMILES string of the molecule is CC(C)=CCC[C@](C)(O[C@@H]1O[C@H](CO[C@@H]2OC[C@H](O)[C@H](O[C@@H]3OC[C@@H](O)[C@H](O)[C@H]3O)[C@H]2O)[C@@H](O)[C@H](O)[C@H]1O)[C@H]1CC[C@]2(C)[C@@H]1[C@H](O)C[C@@H]1[C@@]3(C)CC[C@H](O[C@@H]4O[C@H](CO)[C@@H](O)[C@H](O)[C@H]4O[C@@H]4O[C@H](CO)[C@@H](O)[C@H](O)[C@H]4O)C(C)(C)[C@@H]3[C@@H](O)C[C@]12C. The molecule has 4 saturated carbocycles. The molecule has 0 radical (unpaired) electrons. The standard InChI is InChI=1S/C58H98O27/c1-23(2)10-9-13-58(8,85-52-44(74)40(70)38(68)31(81-52)22-78-49-45(75)46(28(64)21-76-49)83-50-42(72)35(65)27(63)20-77-50)24-11-15-56(6)34(24)25(61)16-32-55(5)14-12-33(54(3,4)48(55)26(62)17-57(32,56)7)82-53-47(41(71)37(67)30(19-60)80-53)84-51-43(73)39(69)36(66)29(18-59)79-51/h10,24-53,59-75H,9,11-22H2,1-8H3/t24-,25+,26-,27+,28-,29+,30+,31+,32+,33-,34-,35-,36+,37+,38+,39-,40-,41-,42+,43+,44+,45+,46-,47+,48-,49-,50-,51-,52-,53-,55+,56+,57+,58-/m0/s1. The number of hydrogen-bond donors (Lipinski definition) is 17. The van der Waals surface area contributed by atoms with Crippen molar-refractivity contribution in [1.82, 2.24) is 0 Å². The van der Waals surface area contributed by atoms with E-state index < -0.39 is 232 Å². The first-order valence-electron chi connectivity index (χ1n) is 30.3. The maximum atomic E-state index is 12.9. The number of fused-ring (bicyclic) bond motifs is 5. The monoisotopic (exact) mass is 1230 g/mol. The lowest BCUT2D eigenvalue weighted by atomic mass is 9.34. The predicted octanol–water partition coefficient (Wildman–Crippen LogP) is -4.13. The third-order valence-electron chi connectivity index (χ3n) is 22.1. The summed E-state index contributed by atoms with van der Waals surface area (Å²) in [6.45, 7) is 13.5. The number of aliphatic hydroxyl groups excluding tert-OH is 17. The van der Waals surface area contributed by atoms with Gasteiger partial charge in [-0.1, -0.05) is 46.3 Å². The van der Waals surface area contributed by atoms with Crippen molar-refractivity contribution in [2.24, 2.45) is 45.3 Å². The second kappa shape index (κ2) is 26.0. The van der Waals surface area contributed by atoms with Crippen LogP contribution in [-0.4, -0.2) is 285 Å². The topological polar surface area (TPSA) is 436 Å². The highest BCUT2D eigenvalue weighted by atomic mass is 16.8. The van der Waals surface area contributed by atoms with Crippen molar-refractivity contribution >= 4 is 0 Å². The lowest BCUT2D eigenvalue weighted by molar-refractivity contribution is -0.380. The number of ether oxygens (including phenoxy) is 10. The number of aliphatic hydroxyl groups is 17. The van der Waals surface area contributed by atoms with Crippen LogP contribution in [0.3, 0.4) is 0 Å². The molecule has 0 unspecified atom stereocenters. The molecular formula is C58H98O27. The van der Waals surface area contributed by atoms with Crippen molar-refractivity contribution in [2.45, 2.75) is 272 Å². The summed E-state index contributed by atoms with van der Waals surface area (Å²) in [6, 6.07) is 0. The van der Waals surface area contributed by atoms with Crippen molar-refractivity contribution in [3.8, 4) is 0 Å². The van der Waals surface area contributed by atoms with Gasteiger partial charge in [0.15, 0.2) is 31.5 Å². The van der Waals surface area contributed by atoms with Crippen LogP contribution in [0.1, 0.15) is 107 Å². The summed E-state index contributed by atoms with van der Waals surface area (Å²) in [6.07, 6.45) is -34.0. The highest BCUT2D eigenvalue weighted by Crippen LogP contribution is 2.76. The zero-order valence-electron chi connectivity index (χ0n) is 49.8. The third-order valence-corrected chi connectivity index (χ3v) is 22.1. The molecule has 0 bridgehead atoms. The van der Waals surface area contributed by atoms with Crippen molar-refractivity contribution in [3.05, 3.63) is 11.6 Å². The lowest BCUT2D eigenvalue weighted by Gasteiger charge is -2.71. The highest BCUT2D eigenvalue weighted by Gasteiger charge is 2.74. The molecule has 0 aromatic heterocycles. The molecule has 0 aromatic rings. The van der Waals surface area contributed by atoms with Crippen LogP contribution in [0, 0.1) is 45.3 Å². The molecule has 34 atom stereocenters. The molecule has 17 N–H and O–H groups in total. The Kier molecular flexibility index (Phi) is 20.8. The van der Waals surface area contributed by atoms with Crippen LogP contribution < -0.4 is 0 Å². The van der Waals surface area contributed by atoms with Crippen LogP contribution >= 0.6 is 0 Å². The van der Waals surface area contributed by atoms with Gasteiger partial charge in [0.1, 0.15) is 110 Å². The molecule has 9 fully saturated rings. The fourth-order valence-corrected chi connectivity index (χ4v) is 17.4. The fraction of sp³-hybridized carbons (Fsp3) is 0.966. The van der Waals surface area contributed by atoms with E-state index in [2.05, 4.69) is 26.8 Å². The molecule has 85 heavy (non-hydrogen) atoms. The van der Waals surface area contributed by atoms with Gasteiger partial charge in [-0.3, -0.25) is 0 Å². The summed E-state index contributed by atoms with van der Waals surface area (Å²) in [5.74, 6) is -1.41. The first kappa shape index (κ1) is 68.0. The summed E-state index contributed by atoms with van der Waals surface area (Å²) in [5.41, 5.74) is -2.81. The number of allylic oxidation sites excluding steroid dienone is 2. The summed E-state index contributed by atoms with van der Waals surface area (Å²) < 4.78 is 60.1. The van der Waals surface area contributed by atoms with E-state index >= 15 is 0 Å². The summed E-state index contributed by atoms with van der Waals surface area (Å²) in [7, 11) is 0.